The fourth-order valence-electron chi connectivity index (χ4n) is 2.03. The third-order valence-electron chi connectivity index (χ3n) is 2.94. The Balaban J connectivity index is 1.96. The minimum atomic E-state index is -0.253. The molecule has 0 saturated heterocycles. The zero-order chi connectivity index (χ0) is 14.3. The van der Waals surface area contributed by atoms with Crippen molar-refractivity contribution in [1.29, 1.82) is 0 Å². The Hall–Kier alpha value is -1.29. The van der Waals surface area contributed by atoms with E-state index in [4.69, 9.17) is 16.7 Å². The van der Waals surface area contributed by atoms with E-state index in [1.165, 1.54) is 6.07 Å². The SMILES string of the molecule is Cc1nc(CCn2c(=S)[nH]c3cc(I)c(F)cc32)no1. The topological polar surface area (TPSA) is 59.6 Å². The summed E-state index contributed by atoms with van der Waals surface area (Å²) in [5.41, 5.74) is 1.57. The van der Waals surface area contributed by atoms with Crippen LogP contribution in [0.1, 0.15) is 11.7 Å². The van der Waals surface area contributed by atoms with Crippen molar-refractivity contribution in [3.05, 3.63) is 38.0 Å². The maximum Gasteiger partial charge on any atom is 0.223 e. The minimum absolute atomic E-state index is 0.253. The van der Waals surface area contributed by atoms with Gasteiger partial charge < -0.3 is 14.1 Å². The lowest BCUT2D eigenvalue weighted by atomic mass is 10.3. The van der Waals surface area contributed by atoms with E-state index in [1.54, 1.807) is 13.0 Å². The minimum Gasteiger partial charge on any atom is -0.340 e. The predicted molar refractivity (Wildman–Crippen MR) is 82.5 cm³/mol. The zero-order valence-electron chi connectivity index (χ0n) is 10.5. The van der Waals surface area contributed by atoms with Gasteiger partial charge in [0.15, 0.2) is 10.6 Å². The van der Waals surface area contributed by atoms with Crippen LogP contribution in [0.4, 0.5) is 4.39 Å². The first-order chi connectivity index (χ1) is 9.54. The summed E-state index contributed by atoms with van der Waals surface area (Å²) < 4.78 is 21.6. The van der Waals surface area contributed by atoms with Crippen LogP contribution in [0.2, 0.25) is 0 Å². The summed E-state index contributed by atoms with van der Waals surface area (Å²) in [6, 6.07) is 3.24. The number of hydrogen-bond acceptors (Lipinski definition) is 4. The number of H-pyrrole nitrogens is 1. The molecule has 1 aromatic carbocycles. The third kappa shape index (κ3) is 2.49. The number of aromatic nitrogens is 4. The fourth-order valence-corrected chi connectivity index (χ4v) is 2.80. The van der Waals surface area contributed by atoms with Gasteiger partial charge in [-0.15, -0.1) is 0 Å². The van der Waals surface area contributed by atoms with Crippen molar-refractivity contribution in [1.82, 2.24) is 19.7 Å². The predicted octanol–water partition coefficient (Wildman–Crippen LogP) is 3.38. The third-order valence-corrected chi connectivity index (χ3v) is 4.09. The van der Waals surface area contributed by atoms with Crippen molar-refractivity contribution < 1.29 is 8.91 Å². The number of rotatable bonds is 3. The molecule has 3 rings (SSSR count). The Labute approximate surface area is 132 Å². The van der Waals surface area contributed by atoms with Crippen molar-refractivity contribution in [2.75, 3.05) is 0 Å². The fraction of sp³-hybridized carbons (Fsp3) is 0.250. The number of hydrogen-bond donors (Lipinski definition) is 1. The molecule has 0 saturated carbocycles. The molecule has 104 valence electrons. The van der Waals surface area contributed by atoms with Crippen LogP contribution in [0.25, 0.3) is 11.0 Å². The molecule has 8 heteroatoms. The molecule has 0 fully saturated rings. The first kappa shape index (κ1) is 13.7. The summed E-state index contributed by atoms with van der Waals surface area (Å²) in [6.07, 6.45) is 0.576. The number of imidazole rings is 1. The lowest BCUT2D eigenvalue weighted by Gasteiger charge is -2.02. The first-order valence-electron chi connectivity index (χ1n) is 5.91. The highest BCUT2D eigenvalue weighted by molar-refractivity contribution is 14.1. The normalized spacial score (nSPS) is 11.3. The van der Waals surface area contributed by atoms with Crippen molar-refractivity contribution in [3.8, 4) is 0 Å². The lowest BCUT2D eigenvalue weighted by Crippen LogP contribution is -2.03. The molecule has 0 aliphatic rings. The van der Waals surface area contributed by atoms with Crippen LogP contribution in [-0.2, 0) is 13.0 Å². The van der Waals surface area contributed by atoms with E-state index in [1.807, 2.05) is 27.2 Å². The molecule has 0 radical (unpaired) electrons. The summed E-state index contributed by atoms with van der Waals surface area (Å²) in [5.74, 6) is 0.893. The highest BCUT2D eigenvalue weighted by Crippen LogP contribution is 2.21. The molecule has 0 aliphatic heterocycles. The first-order valence-corrected chi connectivity index (χ1v) is 7.40. The van der Waals surface area contributed by atoms with Gasteiger partial charge in [0, 0.05) is 26.0 Å². The molecule has 5 nitrogen and oxygen atoms in total. The number of aryl methyl sites for hydroxylation is 3. The summed E-state index contributed by atoms with van der Waals surface area (Å²) in [7, 11) is 0. The van der Waals surface area contributed by atoms with Gasteiger partial charge in [-0.05, 0) is 40.9 Å². The maximum absolute atomic E-state index is 13.7. The molecular weight excluding hydrogens is 394 g/mol. The second-order valence-electron chi connectivity index (χ2n) is 4.34. The quantitative estimate of drug-likeness (QED) is 0.537. The molecule has 1 N–H and O–H groups in total. The molecule has 0 amide bonds. The lowest BCUT2D eigenvalue weighted by molar-refractivity contribution is 0.386. The van der Waals surface area contributed by atoms with Gasteiger partial charge in [-0.2, -0.15) is 4.98 Å². The highest BCUT2D eigenvalue weighted by Gasteiger charge is 2.10. The highest BCUT2D eigenvalue weighted by atomic mass is 127. The van der Waals surface area contributed by atoms with Gasteiger partial charge in [0.25, 0.3) is 0 Å². The number of aromatic amines is 1. The van der Waals surface area contributed by atoms with Gasteiger partial charge in [0.1, 0.15) is 5.82 Å². The van der Waals surface area contributed by atoms with Crippen LogP contribution in [0.15, 0.2) is 16.7 Å². The molecular formula is C12H10FIN4OS. The number of nitrogens with one attached hydrogen (secondary N) is 1. The van der Waals surface area contributed by atoms with Crippen LogP contribution < -0.4 is 0 Å². The van der Waals surface area contributed by atoms with Gasteiger partial charge in [0.2, 0.25) is 5.89 Å². The van der Waals surface area contributed by atoms with Crippen LogP contribution in [-0.4, -0.2) is 19.7 Å². The Morgan fingerprint density at radius 2 is 2.30 bits per heavy atom. The summed E-state index contributed by atoms with van der Waals surface area (Å²) in [5, 5.41) is 3.84. The van der Waals surface area contributed by atoms with Gasteiger partial charge in [-0.1, -0.05) is 5.16 Å². The van der Waals surface area contributed by atoms with E-state index >= 15 is 0 Å². The van der Waals surface area contributed by atoms with E-state index in [9.17, 15) is 4.39 Å². The van der Waals surface area contributed by atoms with Crippen LogP contribution in [0, 0.1) is 21.1 Å². The molecule has 0 spiro atoms. The van der Waals surface area contributed by atoms with E-state index in [-0.39, 0.29) is 5.82 Å². The smallest absolute Gasteiger partial charge is 0.223 e. The molecule has 2 aromatic heterocycles. The number of nitrogens with zero attached hydrogens (tertiary/aromatic N) is 3. The summed E-state index contributed by atoms with van der Waals surface area (Å²) >= 11 is 7.23. The van der Waals surface area contributed by atoms with Crippen LogP contribution in [0.5, 0.6) is 0 Å². The van der Waals surface area contributed by atoms with E-state index < -0.39 is 0 Å². The molecule has 0 unspecified atom stereocenters. The largest absolute Gasteiger partial charge is 0.340 e. The maximum atomic E-state index is 13.7. The zero-order valence-corrected chi connectivity index (χ0v) is 13.5. The molecule has 0 bridgehead atoms. The Morgan fingerprint density at radius 3 is 3.00 bits per heavy atom. The Morgan fingerprint density at radius 1 is 1.50 bits per heavy atom. The van der Waals surface area contributed by atoms with Crippen LogP contribution in [0.3, 0.4) is 0 Å². The van der Waals surface area contributed by atoms with Crippen molar-refractivity contribution in [2.24, 2.45) is 0 Å². The second-order valence-corrected chi connectivity index (χ2v) is 5.89. The van der Waals surface area contributed by atoms with E-state index in [0.29, 0.717) is 33.0 Å². The Kier molecular flexibility index (Phi) is 3.59. The number of halogens is 2. The molecule has 2 heterocycles. The summed E-state index contributed by atoms with van der Waals surface area (Å²) in [6.45, 7) is 2.31. The van der Waals surface area contributed by atoms with Gasteiger partial charge in [-0.3, -0.25) is 0 Å². The van der Waals surface area contributed by atoms with Crippen molar-refractivity contribution >= 4 is 45.8 Å². The Bertz CT molecular complexity index is 838. The van der Waals surface area contributed by atoms with Gasteiger partial charge in [-0.25, -0.2) is 4.39 Å². The van der Waals surface area contributed by atoms with Crippen molar-refractivity contribution in [2.45, 2.75) is 19.9 Å². The van der Waals surface area contributed by atoms with E-state index in [0.717, 1.165) is 11.0 Å². The number of benzene rings is 1. The standard InChI is InChI=1S/C12H10FIN4OS/c1-6-15-11(17-19-6)2-3-18-10-4-7(13)8(14)5-9(10)16-12(18)20/h4-5H,2-3H2,1H3,(H,16,20). The average molecular weight is 404 g/mol. The van der Waals surface area contributed by atoms with Crippen LogP contribution >= 0.6 is 34.8 Å². The van der Waals surface area contributed by atoms with Gasteiger partial charge >= 0.3 is 0 Å². The molecule has 0 aliphatic carbocycles. The van der Waals surface area contributed by atoms with Crippen molar-refractivity contribution in [3.63, 3.8) is 0 Å². The molecule has 20 heavy (non-hydrogen) atoms. The number of fused-ring (bicyclic) bond motifs is 1. The van der Waals surface area contributed by atoms with E-state index in [2.05, 4.69) is 15.1 Å². The van der Waals surface area contributed by atoms with Gasteiger partial charge in [0.05, 0.1) is 14.6 Å². The molecule has 0 atom stereocenters. The monoisotopic (exact) mass is 404 g/mol. The average Bonchev–Trinajstić information content (AvgIpc) is 2.92. The second kappa shape index (κ2) is 5.24. The summed E-state index contributed by atoms with van der Waals surface area (Å²) in [4.78, 5) is 7.22. The molecule has 3 aromatic rings.